The van der Waals surface area contributed by atoms with E-state index in [1.165, 1.54) is 26.2 Å². The first-order chi connectivity index (χ1) is 12.5. The van der Waals surface area contributed by atoms with Crippen LogP contribution in [0.3, 0.4) is 0 Å². The first kappa shape index (κ1) is 21.7. The van der Waals surface area contributed by atoms with E-state index in [0.717, 1.165) is 19.9 Å². The van der Waals surface area contributed by atoms with Crippen molar-refractivity contribution < 1.29 is 17.9 Å². The van der Waals surface area contributed by atoms with Crippen LogP contribution in [0.5, 0.6) is 5.75 Å². The van der Waals surface area contributed by atoms with Crippen molar-refractivity contribution in [1.29, 1.82) is 0 Å². The van der Waals surface area contributed by atoms with Crippen LogP contribution in [0, 0.1) is 13.8 Å². The maximum absolute atomic E-state index is 12.3. The third-order valence-corrected chi connectivity index (χ3v) is 6.35. The van der Waals surface area contributed by atoms with Gasteiger partial charge in [-0.05, 0) is 49.2 Å². The van der Waals surface area contributed by atoms with Crippen molar-refractivity contribution in [3.05, 3.63) is 51.0 Å². The maximum Gasteiger partial charge on any atom is 0.262 e. The van der Waals surface area contributed by atoms with E-state index in [2.05, 4.69) is 21.2 Å². The number of aryl methyl sites for hydroxylation is 2. The van der Waals surface area contributed by atoms with Crippen LogP contribution in [-0.4, -0.2) is 39.3 Å². The topological polar surface area (TPSA) is 75.7 Å². The van der Waals surface area contributed by atoms with Gasteiger partial charge in [-0.25, -0.2) is 12.7 Å². The molecule has 0 unspecified atom stereocenters. The maximum atomic E-state index is 12.3. The van der Waals surface area contributed by atoms with Crippen molar-refractivity contribution in [1.82, 2.24) is 4.31 Å². The summed E-state index contributed by atoms with van der Waals surface area (Å²) in [5.74, 6) is 0.00608. The predicted octanol–water partition coefficient (Wildman–Crippen LogP) is 3.99. The average molecular weight is 476 g/mol. The Hall–Kier alpha value is -1.61. The molecular formula is C18H20BrClN2O4S. The van der Waals surface area contributed by atoms with Gasteiger partial charge in [-0.2, -0.15) is 0 Å². The number of anilines is 1. The average Bonchev–Trinajstić information content (AvgIpc) is 2.55. The third-order valence-electron chi connectivity index (χ3n) is 3.80. The Morgan fingerprint density at radius 2 is 1.85 bits per heavy atom. The van der Waals surface area contributed by atoms with Gasteiger partial charge in [0.15, 0.2) is 6.61 Å². The molecule has 146 valence electrons. The van der Waals surface area contributed by atoms with Crippen molar-refractivity contribution in [3.8, 4) is 5.75 Å². The van der Waals surface area contributed by atoms with E-state index < -0.39 is 15.9 Å². The normalized spacial score (nSPS) is 11.5. The number of sulfonamides is 1. The van der Waals surface area contributed by atoms with Crippen LogP contribution < -0.4 is 10.1 Å². The minimum atomic E-state index is -3.59. The van der Waals surface area contributed by atoms with E-state index in [9.17, 15) is 13.2 Å². The van der Waals surface area contributed by atoms with Gasteiger partial charge in [0.25, 0.3) is 5.91 Å². The molecule has 0 atom stereocenters. The fourth-order valence-electron chi connectivity index (χ4n) is 2.30. The van der Waals surface area contributed by atoms with E-state index in [4.69, 9.17) is 16.3 Å². The molecule has 0 aliphatic rings. The van der Waals surface area contributed by atoms with Gasteiger partial charge < -0.3 is 10.1 Å². The third kappa shape index (κ3) is 5.22. The second-order valence-electron chi connectivity index (χ2n) is 6.13. The van der Waals surface area contributed by atoms with E-state index >= 15 is 0 Å². The lowest BCUT2D eigenvalue weighted by Gasteiger charge is -2.15. The second-order valence-corrected chi connectivity index (χ2v) is 9.61. The molecule has 0 aliphatic carbocycles. The monoisotopic (exact) mass is 474 g/mol. The van der Waals surface area contributed by atoms with Crippen molar-refractivity contribution in [2.45, 2.75) is 18.7 Å². The van der Waals surface area contributed by atoms with Crippen LogP contribution in [0.4, 0.5) is 5.69 Å². The number of halogens is 2. The number of carbonyl (C=O) groups is 1. The highest BCUT2D eigenvalue weighted by Gasteiger charge is 2.19. The molecule has 27 heavy (non-hydrogen) atoms. The molecule has 0 heterocycles. The molecule has 0 spiro atoms. The minimum absolute atomic E-state index is 0.0983. The Bertz CT molecular complexity index is 954. The number of benzene rings is 2. The number of amides is 1. The van der Waals surface area contributed by atoms with Gasteiger partial charge in [0.2, 0.25) is 10.0 Å². The zero-order chi connectivity index (χ0) is 20.4. The number of nitrogens with one attached hydrogen (secondary N) is 1. The van der Waals surface area contributed by atoms with Gasteiger partial charge in [-0.1, -0.05) is 33.6 Å². The summed E-state index contributed by atoms with van der Waals surface area (Å²) in [6.45, 7) is 3.34. The molecule has 0 saturated heterocycles. The number of ether oxygens (including phenoxy) is 1. The molecular weight excluding hydrogens is 456 g/mol. The molecule has 0 radical (unpaired) electrons. The quantitative estimate of drug-likeness (QED) is 0.685. The van der Waals surface area contributed by atoms with E-state index in [-0.39, 0.29) is 11.5 Å². The fraction of sp³-hybridized carbons (Fsp3) is 0.278. The van der Waals surface area contributed by atoms with Gasteiger partial charge in [0, 0.05) is 24.3 Å². The number of carbonyl (C=O) groups excluding carboxylic acids is 1. The van der Waals surface area contributed by atoms with E-state index in [0.29, 0.717) is 16.5 Å². The number of rotatable bonds is 6. The molecule has 0 aromatic heterocycles. The van der Waals surface area contributed by atoms with Crippen LogP contribution in [0.15, 0.2) is 39.7 Å². The largest absolute Gasteiger partial charge is 0.482 e. The summed E-state index contributed by atoms with van der Waals surface area (Å²) in [6, 6.07) is 8.09. The molecule has 2 aromatic rings. The Morgan fingerprint density at radius 1 is 1.19 bits per heavy atom. The van der Waals surface area contributed by atoms with Crippen LogP contribution in [0.1, 0.15) is 11.1 Å². The van der Waals surface area contributed by atoms with Gasteiger partial charge in [0.05, 0.1) is 9.92 Å². The SMILES string of the molecule is Cc1ccc(S(=O)(=O)N(C)C)cc1NC(=O)COc1c(C)cc(Br)cc1Cl. The summed E-state index contributed by atoms with van der Waals surface area (Å²) in [4.78, 5) is 12.4. The lowest BCUT2D eigenvalue weighted by Crippen LogP contribution is -2.23. The standard InChI is InChI=1S/C18H20BrClN2O4S/c1-11-5-6-14(27(24,25)22(3)4)9-16(11)21-17(23)10-26-18-12(2)7-13(19)8-15(18)20/h5-9H,10H2,1-4H3,(H,21,23). The molecule has 2 rings (SSSR count). The Labute approximate surface area is 172 Å². The van der Waals surface area contributed by atoms with Crippen LogP contribution in [0.2, 0.25) is 5.02 Å². The van der Waals surface area contributed by atoms with Crippen molar-refractivity contribution >= 4 is 49.1 Å². The number of hydrogen-bond acceptors (Lipinski definition) is 4. The molecule has 0 bridgehead atoms. The zero-order valence-corrected chi connectivity index (χ0v) is 18.5. The molecule has 0 saturated carbocycles. The number of hydrogen-bond donors (Lipinski definition) is 1. The Morgan fingerprint density at radius 3 is 2.44 bits per heavy atom. The van der Waals surface area contributed by atoms with Crippen molar-refractivity contribution in [2.75, 3.05) is 26.0 Å². The van der Waals surface area contributed by atoms with Crippen molar-refractivity contribution in [2.24, 2.45) is 0 Å². The Balaban J connectivity index is 2.15. The van der Waals surface area contributed by atoms with Crippen molar-refractivity contribution in [3.63, 3.8) is 0 Å². The van der Waals surface area contributed by atoms with E-state index in [1.807, 2.05) is 13.0 Å². The predicted molar refractivity (Wildman–Crippen MR) is 110 cm³/mol. The summed E-state index contributed by atoms with van der Waals surface area (Å²) < 4.78 is 32.0. The summed E-state index contributed by atoms with van der Waals surface area (Å²) in [7, 11) is -0.694. The molecule has 2 aromatic carbocycles. The van der Waals surface area contributed by atoms with E-state index in [1.54, 1.807) is 19.1 Å². The highest BCUT2D eigenvalue weighted by molar-refractivity contribution is 9.10. The summed E-state index contributed by atoms with van der Waals surface area (Å²) >= 11 is 9.49. The first-order valence-corrected chi connectivity index (χ1v) is 10.5. The van der Waals surface area contributed by atoms with Gasteiger partial charge >= 0.3 is 0 Å². The molecule has 1 amide bonds. The summed E-state index contributed by atoms with van der Waals surface area (Å²) in [5, 5.41) is 3.08. The highest BCUT2D eigenvalue weighted by atomic mass is 79.9. The molecule has 0 aliphatic heterocycles. The number of nitrogens with zero attached hydrogens (tertiary/aromatic N) is 1. The summed E-state index contributed by atoms with van der Waals surface area (Å²) in [6.07, 6.45) is 0. The highest BCUT2D eigenvalue weighted by Crippen LogP contribution is 2.32. The lowest BCUT2D eigenvalue weighted by atomic mass is 10.2. The van der Waals surface area contributed by atoms with Crippen LogP contribution in [0.25, 0.3) is 0 Å². The lowest BCUT2D eigenvalue weighted by molar-refractivity contribution is -0.118. The zero-order valence-electron chi connectivity index (χ0n) is 15.3. The minimum Gasteiger partial charge on any atom is -0.482 e. The molecule has 9 heteroatoms. The van der Waals surface area contributed by atoms with Gasteiger partial charge in [-0.3, -0.25) is 4.79 Å². The molecule has 1 N–H and O–H groups in total. The van der Waals surface area contributed by atoms with Gasteiger partial charge in [-0.15, -0.1) is 0 Å². The van der Waals surface area contributed by atoms with Crippen LogP contribution in [-0.2, 0) is 14.8 Å². The second kappa shape index (κ2) is 8.60. The van der Waals surface area contributed by atoms with Gasteiger partial charge in [0.1, 0.15) is 5.75 Å². The first-order valence-electron chi connectivity index (χ1n) is 7.94. The molecule has 0 fully saturated rings. The van der Waals surface area contributed by atoms with Crippen LogP contribution >= 0.6 is 27.5 Å². The summed E-state index contributed by atoms with van der Waals surface area (Å²) in [5.41, 5.74) is 1.93. The Kier molecular flexibility index (Phi) is 6.91. The molecule has 6 nitrogen and oxygen atoms in total. The smallest absolute Gasteiger partial charge is 0.262 e. The fourth-order valence-corrected chi connectivity index (χ4v) is 4.26.